The van der Waals surface area contributed by atoms with Gasteiger partial charge in [-0.05, 0) is 52.9 Å². The number of halogens is 3. The predicted molar refractivity (Wildman–Crippen MR) is 81.0 cm³/mol. The number of aliphatic carboxylic acids is 1. The van der Waals surface area contributed by atoms with Crippen molar-refractivity contribution in [1.82, 2.24) is 5.32 Å². The van der Waals surface area contributed by atoms with Gasteiger partial charge in [0.2, 0.25) is 0 Å². The molecular formula is C15H20BrF2NO2. The third-order valence-electron chi connectivity index (χ3n) is 3.43. The van der Waals surface area contributed by atoms with E-state index in [0.29, 0.717) is 13.0 Å². The van der Waals surface area contributed by atoms with Crippen LogP contribution in [-0.4, -0.2) is 17.6 Å². The van der Waals surface area contributed by atoms with E-state index in [1.165, 1.54) is 12.1 Å². The second-order valence-corrected chi connectivity index (χ2v) is 6.66. The topological polar surface area (TPSA) is 49.3 Å². The van der Waals surface area contributed by atoms with Crippen LogP contribution in [0.3, 0.4) is 0 Å². The molecule has 0 spiro atoms. The molecule has 0 atom stereocenters. The molecule has 0 aliphatic rings. The molecule has 0 unspecified atom stereocenters. The van der Waals surface area contributed by atoms with Crippen molar-refractivity contribution in [1.29, 1.82) is 0 Å². The van der Waals surface area contributed by atoms with E-state index in [-0.39, 0.29) is 28.4 Å². The van der Waals surface area contributed by atoms with Crippen LogP contribution in [0.25, 0.3) is 0 Å². The zero-order chi connectivity index (χ0) is 16.0. The summed E-state index contributed by atoms with van der Waals surface area (Å²) < 4.78 is 27.5. The summed E-state index contributed by atoms with van der Waals surface area (Å²) in [5, 5.41) is 11.7. The maximum atomic E-state index is 13.7. The van der Waals surface area contributed by atoms with Crippen LogP contribution in [0.15, 0.2) is 16.6 Å². The standard InChI is InChI=1S/C15H20BrF2NO2/c1-15(2,6-5-13(20)21)7-8-19-9-10-12(17)4-3-11(16)14(10)18/h3-4,19H,5-9H2,1-2H3,(H,20,21). The van der Waals surface area contributed by atoms with Crippen LogP contribution in [0, 0.1) is 17.0 Å². The Bertz CT molecular complexity index is 507. The molecule has 0 bridgehead atoms. The molecule has 0 fully saturated rings. The number of carboxylic acid groups (broad SMARTS) is 1. The van der Waals surface area contributed by atoms with Gasteiger partial charge in [0, 0.05) is 18.5 Å². The highest BCUT2D eigenvalue weighted by atomic mass is 79.9. The first-order chi connectivity index (χ1) is 9.73. The van der Waals surface area contributed by atoms with E-state index in [2.05, 4.69) is 21.2 Å². The molecule has 1 rings (SSSR count). The Hall–Kier alpha value is -1.01. The van der Waals surface area contributed by atoms with Gasteiger partial charge < -0.3 is 10.4 Å². The largest absolute Gasteiger partial charge is 0.481 e. The van der Waals surface area contributed by atoms with Gasteiger partial charge in [-0.3, -0.25) is 4.79 Å². The smallest absolute Gasteiger partial charge is 0.303 e. The summed E-state index contributed by atoms with van der Waals surface area (Å²) >= 11 is 3.03. The lowest BCUT2D eigenvalue weighted by Crippen LogP contribution is -2.23. The quantitative estimate of drug-likeness (QED) is 0.540. The number of benzene rings is 1. The average molecular weight is 364 g/mol. The van der Waals surface area contributed by atoms with Gasteiger partial charge in [0.1, 0.15) is 11.6 Å². The Morgan fingerprint density at radius 1 is 1.33 bits per heavy atom. The highest BCUT2D eigenvalue weighted by Crippen LogP contribution is 2.26. The molecule has 0 radical (unpaired) electrons. The highest BCUT2D eigenvalue weighted by molar-refractivity contribution is 9.10. The fraction of sp³-hybridized carbons (Fsp3) is 0.533. The Labute approximate surface area is 131 Å². The van der Waals surface area contributed by atoms with Crippen molar-refractivity contribution < 1.29 is 18.7 Å². The monoisotopic (exact) mass is 363 g/mol. The van der Waals surface area contributed by atoms with Crippen molar-refractivity contribution in [3.05, 3.63) is 33.8 Å². The molecule has 1 aromatic rings. The lowest BCUT2D eigenvalue weighted by Gasteiger charge is -2.24. The van der Waals surface area contributed by atoms with Crippen LogP contribution in [0.1, 0.15) is 38.7 Å². The zero-order valence-electron chi connectivity index (χ0n) is 12.2. The van der Waals surface area contributed by atoms with Crippen molar-refractivity contribution in [3.63, 3.8) is 0 Å². The third-order valence-corrected chi connectivity index (χ3v) is 4.05. The van der Waals surface area contributed by atoms with E-state index >= 15 is 0 Å². The summed E-state index contributed by atoms with van der Waals surface area (Å²) in [5.74, 6) is -1.98. The molecule has 2 N–H and O–H groups in total. The second-order valence-electron chi connectivity index (χ2n) is 5.81. The van der Waals surface area contributed by atoms with E-state index in [9.17, 15) is 13.6 Å². The third kappa shape index (κ3) is 6.09. The lowest BCUT2D eigenvalue weighted by molar-refractivity contribution is -0.137. The van der Waals surface area contributed by atoms with Gasteiger partial charge in [-0.25, -0.2) is 8.78 Å². The minimum absolute atomic E-state index is 0.00715. The van der Waals surface area contributed by atoms with E-state index in [1.54, 1.807) is 0 Å². The predicted octanol–water partition coefficient (Wildman–Crippen LogP) is 4.10. The lowest BCUT2D eigenvalue weighted by atomic mass is 9.84. The van der Waals surface area contributed by atoms with Crippen molar-refractivity contribution >= 4 is 21.9 Å². The molecular weight excluding hydrogens is 344 g/mol. The molecule has 21 heavy (non-hydrogen) atoms. The maximum Gasteiger partial charge on any atom is 0.303 e. The van der Waals surface area contributed by atoms with Crippen molar-refractivity contribution in [2.45, 2.75) is 39.7 Å². The van der Waals surface area contributed by atoms with Crippen molar-refractivity contribution in [2.24, 2.45) is 5.41 Å². The number of nitrogens with one attached hydrogen (secondary N) is 1. The molecule has 0 saturated carbocycles. The minimum atomic E-state index is -0.811. The summed E-state index contributed by atoms with van der Waals surface area (Å²) in [4.78, 5) is 10.6. The molecule has 0 amide bonds. The number of carbonyl (C=O) groups is 1. The maximum absolute atomic E-state index is 13.7. The Morgan fingerprint density at radius 2 is 2.00 bits per heavy atom. The normalized spacial score (nSPS) is 11.7. The summed E-state index contributed by atoms with van der Waals surface area (Å²) in [5.41, 5.74) is -0.118. The Kier molecular flexibility index (Phi) is 6.74. The van der Waals surface area contributed by atoms with Gasteiger partial charge >= 0.3 is 5.97 Å². The molecule has 1 aromatic carbocycles. The van der Waals surface area contributed by atoms with E-state index < -0.39 is 17.6 Å². The molecule has 3 nitrogen and oxygen atoms in total. The van der Waals surface area contributed by atoms with E-state index in [4.69, 9.17) is 5.11 Å². The Morgan fingerprint density at radius 3 is 2.62 bits per heavy atom. The molecule has 0 heterocycles. The first-order valence-corrected chi connectivity index (χ1v) is 7.57. The van der Waals surface area contributed by atoms with Crippen LogP contribution in [0.5, 0.6) is 0 Å². The van der Waals surface area contributed by atoms with Crippen LogP contribution >= 0.6 is 15.9 Å². The number of carboxylic acids is 1. The van der Waals surface area contributed by atoms with Crippen LogP contribution in [0.4, 0.5) is 8.78 Å². The highest BCUT2D eigenvalue weighted by Gasteiger charge is 2.19. The summed E-state index contributed by atoms with van der Waals surface area (Å²) in [6.45, 7) is 4.64. The fourth-order valence-corrected chi connectivity index (χ4v) is 2.31. The minimum Gasteiger partial charge on any atom is -0.481 e. The van der Waals surface area contributed by atoms with Gasteiger partial charge in [-0.1, -0.05) is 13.8 Å². The van der Waals surface area contributed by atoms with Crippen LogP contribution in [0.2, 0.25) is 0 Å². The van der Waals surface area contributed by atoms with E-state index in [1.807, 2.05) is 13.8 Å². The van der Waals surface area contributed by atoms with Crippen LogP contribution in [-0.2, 0) is 11.3 Å². The fourth-order valence-electron chi connectivity index (χ4n) is 1.94. The average Bonchev–Trinajstić information content (AvgIpc) is 2.40. The molecule has 6 heteroatoms. The van der Waals surface area contributed by atoms with Gasteiger partial charge in [0.25, 0.3) is 0 Å². The molecule has 0 saturated heterocycles. The first-order valence-electron chi connectivity index (χ1n) is 6.78. The van der Waals surface area contributed by atoms with Gasteiger partial charge in [-0.15, -0.1) is 0 Å². The molecule has 118 valence electrons. The molecule has 0 aliphatic carbocycles. The number of rotatable bonds is 8. The van der Waals surface area contributed by atoms with Gasteiger partial charge in [0.05, 0.1) is 4.47 Å². The summed E-state index contributed by atoms with van der Waals surface area (Å²) in [6, 6.07) is 2.56. The molecule has 0 aliphatic heterocycles. The van der Waals surface area contributed by atoms with Gasteiger partial charge in [0.15, 0.2) is 0 Å². The number of hydrogen-bond acceptors (Lipinski definition) is 2. The van der Waals surface area contributed by atoms with Crippen LogP contribution < -0.4 is 5.32 Å². The van der Waals surface area contributed by atoms with Crippen molar-refractivity contribution in [3.8, 4) is 0 Å². The second kappa shape index (κ2) is 7.84. The van der Waals surface area contributed by atoms with E-state index in [0.717, 1.165) is 6.42 Å². The SMILES string of the molecule is CC(C)(CCNCc1c(F)ccc(Br)c1F)CCC(=O)O. The summed E-state index contributed by atoms with van der Waals surface area (Å²) in [7, 11) is 0. The number of hydrogen-bond donors (Lipinski definition) is 2. The Balaban J connectivity index is 2.44. The van der Waals surface area contributed by atoms with Crippen molar-refractivity contribution in [2.75, 3.05) is 6.54 Å². The first kappa shape index (κ1) is 18.0. The molecule has 0 aromatic heterocycles. The zero-order valence-corrected chi connectivity index (χ0v) is 13.8. The van der Waals surface area contributed by atoms with Gasteiger partial charge in [-0.2, -0.15) is 0 Å². The summed E-state index contributed by atoms with van der Waals surface area (Å²) in [6.07, 6.45) is 1.43.